The number of carbonyl (C=O) groups excluding carboxylic acids is 3. The molecule has 0 N–H and O–H groups in total. The number of benzene rings is 2. The van der Waals surface area contributed by atoms with E-state index in [0.717, 1.165) is 0 Å². The number of hydrogen-bond acceptors (Lipinski definition) is 10. The summed E-state index contributed by atoms with van der Waals surface area (Å²) < 4.78 is 31.1. The normalized spacial score (nSPS) is 23.2. The van der Waals surface area contributed by atoms with E-state index in [0.29, 0.717) is 22.8 Å². The maximum Gasteiger partial charge on any atom is 0.416 e. The van der Waals surface area contributed by atoms with Gasteiger partial charge in [0.25, 0.3) is 0 Å². The van der Waals surface area contributed by atoms with Crippen molar-refractivity contribution in [1.82, 2.24) is 4.90 Å². The van der Waals surface area contributed by atoms with Crippen molar-refractivity contribution in [3.8, 4) is 0 Å². The zero-order valence-electron chi connectivity index (χ0n) is 28.1. The van der Waals surface area contributed by atoms with Gasteiger partial charge in [0.15, 0.2) is 25.7 Å². The quantitative estimate of drug-likeness (QED) is 0.168. The van der Waals surface area contributed by atoms with E-state index >= 15 is 0 Å². The highest BCUT2D eigenvalue weighted by molar-refractivity contribution is 8.14. The monoisotopic (exact) mass is 670 g/mol. The lowest BCUT2D eigenvalue weighted by molar-refractivity contribution is -0.166. The van der Waals surface area contributed by atoms with E-state index < -0.39 is 61.7 Å². The van der Waals surface area contributed by atoms with Crippen LogP contribution < -0.4 is 0 Å². The van der Waals surface area contributed by atoms with Crippen molar-refractivity contribution in [2.45, 2.75) is 102 Å². The second kappa shape index (κ2) is 14.3. The minimum Gasteiger partial charge on any atom is -0.452 e. The highest BCUT2D eigenvalue weighted by Crippen LogP contribution is 2.42. The molecule has 0 radical (unpaired) electrons. The fraction of sp³-hybridized carbons (Fsp3) is 0.529. The van der Waals surface area contributed by atoms with Crippen molar-refractivity contribution in [1.29, 1.82) is 0 Å². The average molecular weight is 671 g/mol. The standard InChI is InChI=1S/C34H46N2O8SSi/c1-10-36(32(39)44-33(2,3)4)31-35-25-27(43-29(38)23-19-15-12-16-20-23)26(42-28(37)22-17-13-11-14-18-22)24(41-30(25)45-31)21-40-46(8,9)34(5,6)7/h11-20,24-27,30H,10,21H2,1-9H3/t24-,25-,26-,27-,30-/m1/s1. The third kappa shape index (κ3) is 8.58. The Morgan fingerprint density at radius 2 is 1.39 bits per heavy atom. The predicted molar refractivity (Wildman–Crippen MR) is 181 cm³/mol. The Balaban J connectivity index is 1.74. The number of amidine groups is 1. The molecular formula is C34H46N2O8SSi. The summed E-state index contributed by atoms with van der Waals surface area (Å²) in [5, 5.41) is 0.277. The molecule has 1 amide bonds. The average Bonchev–Trinajstić information content (AvgIpc) is 3.40. The van der Waals surface area contributed by atoms with E-state index in [9.17, 15) is 14.4 Å². The number of fused-ring (bicyclic) bond motifs is 1. The maximum absolute atomic E-state index is 13.5. The maximum atomic E-state index is 13.5. The molecule has 2 aromatic rings. The summed E-state index contributed by atoms with van der Waals surface area (Å²) in [5.74, 6) is -1.19. The van der Waals surface area contributed by atoms with Crippen molar-refractivity contribution in [2.75, 3.05) is 13.2 Å². The fourth-order valence-corrected chi connectivity index (χ4v) is 6.92. The molecule has 0 saturated carbocycles. The SMILES string of the molecule is CCN(C(=O)OC(C)(C)C)C1=N[C@@H]2[C@@H](OC(=O)c3ccccc3)[C@H](OC(=O)c3ccccc3)[C@@H](CO[Si](C)(C)C(C)(C)C)O[C@@H]2S1. The van der Waals surface area contributed by atoms with Crippen molar-refractivity contribution < 1.29 is 37.8 Å². The molecule has 0 aliphatic carbocycles. The zero-order chi connectivity index (χ0) is 33.9. The minimum atomic E-state index is -2.27. The third-order valence-electron chi connectivity index (χ3n) is 8.18. The first-order valence-corrected chi connectivity index (χ1v) is 19.4. The van der Waals surface area contributed by atoms with Crippen LogP contribution in [-0.4, -0.2) is 85.0 Å². The van der Waals surface area contributed by atoms with Gasteiger partial charge in [0, 0.05) is 6.54 Å². The number of amides is 1. The van der Waals surface area contributed by atoms with Crippen LogP contribution in [0.4, 0.5) is 4.79 Å². The molecule has 46 heavy (non-hydrogen) atoms. The Morgan fingerprint density at radius 3 is 1.87 bits per heavy atom. The van der Waals surface area contributed by atoms with Crippen LogP contribution in [0, 0.1) is 0 Å². The molecule has 1 fully saturated rings. The Morgan fingerprint density at radius 1 is 0.870 bits per heavy atom. The van der Waals surface area contributed by atoms with Crippen LogP contribution >= 0.6 is 11.8 Å². The summed E-state index contributed by atoms with van der Waals surface area (Å²) in [4.78, 5) is 46.5. The molecule has 0 aromatic heterocycles. The molecule has 0 unspecified atom stereocenters. The van der Waals surface area contributed by atoms with Gasteiger partial charge in [-0.25, -0.2) is 14.4 Å². The largest absolute Gasteiger partial charge is 0.452 e. The van der Waals surface area contributed by atoms with E-state index in [1.165, 1.54) is 16.7 Å². The molecule has 250 valence electrons. The lowest BCUT2D eigenvalue weighted by atomic mass is 9.97. The van der Waals surface area contributed by atoms with Gasteiger partial charge in [-0.1, -0.05) is 68.9 Å². The highest BCUT2D eigenvalue weighted by Gasteiger charge is 2.55. The molecule has 0 bridgehead atoms. The molecule has 2 aromatic carbocycles. The third-order valence-corrected chi connectivity index (χ3v) is 13.8. The Bertz CT molecular complexity index is 1410. The van der Waals surface area contributed by atoms with E-state index in [-0.39, 0.29) is 11.6 Å². The first-order chi connectivity index (χ1) is 21.5. The number of aliphatic imine (C=N–C) groups is 1. The van der Waals surface area contributed by atoms with Gasteiger partial charge in [0.05, 0.1) is 17.7 Å². The van der Waals surface area contributed by atoms with E-state index in [1.54, 1.807) is 75.4 Å². The molecule has 0 spiro atoms. The van der Waals surface area contributed by atoms with E-state index in [1.807, 2.05) is 13.0 Å². The number of hydrogen-bond donors (Lipinski definition) is 0. The summed E-state index contributed by atoms with van der Waals surface area (Å²) in [6.45, 7) is 18.3. The molecule has 1 saturated heterocycles. The van der Waals surface area contributed by atoms with Gasteiger partial charge < -0.3 is 23.4 Å². The number of carbonyl (C=O) groups is 3. The van der Waals surface area contributed by atoms with Gasteiger partial charge in [0.2, 0.25) is 0 Å². The molecular weight excluding hydrogens is 625 g/mol. The van der Waals surface area contributed by atoms with Crippen LogP contribution in [0.2, 0.25) is 18.1 Å². The number of rotatable bonds is 8. The summed E-state index contributed by atoms with van der Waals surface area (Å²) in [5.41, 5.74) is -0.686. The summed E-state index contributed by atoms with van der Waals surface area (Å²) in [7, 11) is -2.27. The smallest absolute Gasteiger partial charge is 0.416 e. The number of nitrogens with zero attached hydrogens (tertiary/aromatic N) is 2. The Hall–Kier alpha value is -3.19. The van der Waals surface area contributed by atoms with Crippen molar-refractivity contribution in [2.24, 2.45) is 4.99 Å². The van der Waals surface area contributed by atoms with Crippen LogP contribution in [0.15, 0.2) is 65.7 Å². The predicted octanol–water partition coefficient (Wildman–Crippen LogP) is 6.91. The number of thioether (sulfide) groups is 1. The first kappa shape index (κ1) is 35.7. The molecule has 4 rings (SSSR count). The van der Waals surface area contributed by atoms with Crippen molar-refractivity contribution in [3.63, 3.8) is 0 Å². The molecule has 2 aliphatic heterocycles. The van der Waals surface area contributed by atoms with Gasteiger partial charge in [-0.05, 0) is 70.1 Å². The topological polar surface area (TPSA) is 113 Å². The lowest BCUT2D eigenvalue weighted by Gasteiger charge is -2.43. The molecule has 2 heterocycles. The lowest BCUT2D eigenvalue weighted by Crippen LogP contribution is -2.60. The number of esters is 2. The van der Waals surface area contributed by atoms with Gasteiger partial charge in [-0.15, -0.1) is 0 Å². The molecule has 2 aliphatic rings. The minimum absolute atomic E-state index is 0.0903. The Kier molecular flexibility index (Phi) is 11.1. The fourth-order valence-electron chi connectivity index (χ4n) is 4.63. The number of ether oxygens (including phenoxy) is 4. The highest BCUT2D eigenvalue weighted by atomic mass is 32.2. The van der Waals surface area contributed by atoms with Gasteiger partial charge in [-0.3, -0.25) is 9.89 Å². The van der Waals surface area contributed by atoms with Gasteiger partial charge >= 0.3 is 18.0 Å². The van der Waals surface area contributed by atoms with Crippen LogP contribution in [0.5, 0.6) is 0 Å². The van der Waals surface area contributed by atoms with Crippen molar-refractivity contribution in [3.05, 3.63) is 71.8 Å². The first-order valence-electron chi connectivity index (χ1n) is 15.6. The van der Waals surface area contributed by atoms with Crippen LogP contribution in [-0.2, 0) is 23.4 Å². The van der Waals surface area contributed by atoms with Crippen LogP contribution in [0.25, 0.3) is 0 Å². The van der Waals surface area contributed by atoms with E-state index in [2.05, 4.69) is 33.9 Å². The summed E-state index contributed by atoms with van der Waals surface area (Å²) in [6, 6.07) is 16.4. The second-order valence-electron chi connectivity index (χ2n) is 13.8. The molecule has 12 heteroatoms. The van der Waals surface area contributed by atoms with Crippen molar-refractivity contribution >= 4 is 43.3 Å². The van der Waals surface area contributed by atoms with E-state index in [4.69, 9.17) is 28.4 Å². The van der Waals surface area contributed by atoms with Crippen LogP contribution in [0.1, 0.15) is 69.2 Å². The zero-order valence-corrected chi connectivity index (χ0v) is 30.0. The summed E-state index contributed by atoms with van der Waals surface area (Å²) in [6.07, 6.45) is -3.46. The second-order valence-corrected chi connectivity index (χ2v) is 19.7. The van der Waals surface area contributed by atoms with Crippen LogP contribution in [0.3, 0.4) is 0 Å². The summed E-state index contributed by atoms with van der Waals surface area (Å²) >= 11 is 1.25. The Labute approximate surface area is 277 Å². The van der Waals surface area contributed by atoms with Gasteiger partial charge in [0.1, 0.15) is 23.2 Å². The molecule has 5 atom stereocenters. The molecule has 10 nitrogen and oxygen atoms in total. The van der Waals surface area contributed by atoms with Gasteiger partial charge in [-0.2, -0.15) is 0 Å².